The van der Waals surface area contributed by atoms with Gasteiger partial charge in [0, 0.05) is 16.8 Å². The normalized spacial score (nSPS) is 14.1. The fraction of sp³-hybridized carbons (Fsp3) is 0.415. The summed E-state index contributed by atoms with van der Waals surface area (Å²) in [5.74, 6) is -0.699. The first kappa shape index (κ1) is 34.3. The standard InChI is InChI=1S/C41H44N2O8/c1-7-9-11-13-15-21(16-14-12-10-8-2)43-40(46)34-28(50-5)19-24-22-17-26(48-3)32-36-30(22)23(18-27(49-4)33(36)39(45)42-38(32)44)25-20-29(51-6)35(41(43)47)37(34)31(24)25/h17-21H,7-16H2,1-6H3,(H,42,44,45). The second-order valence-electron chi connectivity index (χ2n) is 13.6. The molecule has 5 aromatic carbocycles. The van der Waals surface area contributed by atoms with Gasteiger partial charge in [-0.1, -0.05) is 65.2 Å². The minimum atomic E-state index is -0.573. The van der Waals surface area contributed by atoms with Crippen LogP contribution in [0.2, 0.25) is 0 Å². The maximum Gasteiger partial charge on any atom is 0.265 e. The molecular weight excluding hydrogens is 648 g/mol. The minimum Gasteiger partial charge on any atom is -0.496 e. The van der Waals surface area contributed by atoms with E-state index in [0.717, 1.165) is 64.2 Å². The number of hydrogen-bond acceptors (Lipinski definition) is 8. The monoisotopic (exact) mass is 692 g/mol. The van der Waals surface area contributed by atoms with Gasteiger partial charge in [-0.25, -0.2) is 0 Å². The Bertz CT molecular complexity index is 2110. The number of carbonyl (C=O) groups is 4. The number of imide groups is 2. The van der Waals surface area contributed by atoms with Crippen molar-refractivity contribution in [1.29, 1.82) is 0 Å². The molecule has 5 aromatic rings. The predicted molar refractivity (Wildman–Crippen MR) is 197 cm³/mol. The molecule has 0 saturated carbocycles. The van der Waals surface area contributed by atoms with Gasteiger partial charge in [-0.2, -0.15) is 0 Å². The number of hydrogen-bond donors (Lipinski definition) is 1. The van der Waals surface area contributed by atoms with E-state index in [4.69, 9.17) is 18.9 Å². The summed E-state index contributed by atoms with van der Waals surface area (Å²) < 4.78 is 23.5. The highest BCUT2D eigenvalue weighted by Gasteiger charge is 2.43. The average molecular weight is 693 g/mol. The lowest BCUT2D eigenvalue weighted by Gasteiger charge is -2.36. The zero-order valence-electron chi connectivity index (χ0n) is 30.2. The molecule has 0 bridgehead atoms. The van der Waals surface area contributed by atoms with Gasteiger partial charge >= 0.3 is 0 Å². The van der Waals surface area contributed by atoms with E-state index in [1.54, 1.807) is 12.1 Å². The Labute approximate surface area is 296 Å². The zero-order chi connectivity index (χ0) is 36.1. The number of nitrogens with zero attached hydrogens (tertiary/aromatic N) is 1. The Kier molecular flexibility index (Phi) is 9.12. The van der Waals surface area contributed by atoms with E-state index < -0.39 is 11.8 Å². The molecule has 0 radical (unpaired) electrons. The molecule has 10 heteroatoms. The van der Waals surface area contributed by atoms with Gasteiger partial charge in [0.15, 0.2) is 0 Å². The van der Waals surface area contributed by atoms with E-state index in [9.17, 15) is 19.2 Å². The Morgan fingerprint density at radius 3 is 1.22 bits per heavy atom. The molecule has 1 N–H and O–H groups in total. The van der Waals surface area contributed by atoms with Gasteiger partial charge in [0.2, 0.25) is 0 Å². The van der Waals surface area contributed by atoms with Crippen LogP contribution in [-0.4, -0.2) is 63.0 Å². The van der Waals surface area contributed by atoms with Crippen LogP contribution < -0.4 is 24.3 Å². The topological polar surface area (TPSA) is 120 Å². The van der Waals surface area contributed by atoms with Crippen LogP contribution in [0.3, 0.4) is 0 Å². The van der Waals surface area contributed by atoms with Gasteiger partial charge < -0.3 is 18.9 Å². The fourth-order valence-corrected chi connectivity index (χ4v) is 8.45. The second kappa shape index (κ2) is 13.5. The molecule has 2 aliphatic heterocycles. The molecule has 2 heterocycles. The van der Waals surface area contributed by atoms with Crippen molar-refractivity contribution in [1.82, 2.24) is 10.2 Å². The summed E-state index contributed by atoms with van der Waals surface area (Å²) in [6.07, 6.45) is 9.78. The van der Waals surface area contributed by atoms with Crippen LogP contribution in [0.5, 0.6) is 23.0 Å². The molecule has 0 spiro atoms. The smallest absolute Gasteiger partial charge is 0.265 e. The summed E-state index contributed by atoms with van der Waals surface area (Å²) in [7, 11) is 5.98. The number of unbranched alkanes of at least 4 members (excludes halogenated alkanes) is 6. The van der Waals surface area contributed by atoms with Crippen molar-refractivity contribution >= 4 is 66.7 Å². The first-order valence-corrected chi connectivity index (χ1v) is 18.0. The Morgan fingerprint density at radius 2 is 0.863 bits per heavy atom. The maximum atomic E-state index is 14.8. The highest BCUT2D eigenvalue weighted by atomic mass is 16.5. The number of amides is 4. The molecule has 4 amide bonds. The summed E-state index contributed by atoms with van der Waals surface area (Å²) in [4.78, 5) is 57.9. The van der Waals surface area contributed by atoms with Gasteiger partial charge in [-0.15, -0.1) is 0 Å². The van der Waals surface area contributed by atoms with Crippen LogP contribution >= 0.6 is 0 Å². The fourth-order valence-electron chi connectivity index (χ4n) is 8.45. The zero-order valence-corrected chi connectivity index (χ0v) is 30.2. The summed E-state index contributed by atoms with van der Waals surface area (Å²) >= 11 is 0. The quantitative estimate of drug-likeness (QED) is 0.0502. The van der Waals surface area contributed by atoms with Crippen molar-refractivity contribution < 1.29 is 38.1 Å². The lowest BCUT2D eigenvalue weighted by molar-refractivity contribution is 0.0512. The van der Waals surface area contributed by atoms with Crippen molar-refractivity contribution in [3.05, 3.63) is 46.5 Å². The second-order valence-corrected chi connectivity index (χ2v) is 13.6. The molecule has 0 unspecified atom stereocenters. The largest absolute Gasteiger partial charge is 0.496 e. The van der Waals surface area contributed by atoms with Crippen LogP contribution in [0.15, 0.2) is 24.3 Å². The third-order valence-corrected chi connectivity index (χ3v) is 10.8. The van der Waals surface area contributed by atoms with E-state index in [2.05, 4.69) is 19.2 Å². The van der Waals surface area contributed by atoms with Crippen LogP contribution in [0.1, 0.15) is 119 Å². The van der Waals surface area contributed by atoms with E-state index in [1.165, 1.54) is 33.3 Å². The van der Waals surface area contributed by atoms with E-state index >= 15 is 0 Å². The van der Waals surface area contributed by atoms with Crippen molar-refractivity contribution in [3.63, 3.8) is 0 Å². The van der Waals surface area contributed by atoms with Crippen molar-refractivity contribution in [3.8, 4) is 23.0 Å². The first-order valence-electron chi connectivity index (χ1n) is 18.0. The number of rotatable bonds is 15. The molecule has 7 rings (SSSR count). The lowest BCUT2D eigenvalue weighted by Crippen LogP contribution is -2.47. The third-order valence-electron chi connectivity index (χ3n) is 10.8. The summed E-state index contributed by atoms with van der Waals surface area (Å²) in [6.45, 7) is 4.34. The van der Waals surface area contributed by atoms with E-state index in [1.807, 2.05) is 12.1 Å². The van der Waals surface area contributed by atoms with Crippen LogP contribution in [0, 0.1) is 0 Å². The molecule has 0 aromatic heterocycles. The predicted octanol–water partition coefficient (Wildman–Crippen LogP) is 8.56. The SMILES string of the molecule is CCCCCCC(CCCCCC)N1C(=O)c2c(OC)cc3c4cc(OC)c5c6c(c(OC)cc(c7cc(OC)c(c2c37)C1=O)c64)C(=O)NC5=O. The van der Waals surface area contributed by atoms with Gasteiger partial charge in [0.05, 0.1) is 50.7 Å². The highest BCUT2D eigenvalue weighted by molar-refractivity contribution is 6.43. The van der Waals surface area contributed by atoms with Crippen LogP contribution in [0.25, 0.3) is 43.1 Å². The Balaban J connectivity index is 1.56. The number of nitrogens with one attached hydrogen (secondary N) is 1. The van der Waals surface area contributed by atoms with Crippen LogP contribution in [0.4, 0.5) is 0 Å². The third kappa shape index (κ3) is 5.13. The number of carbonyl (C=O) groups excluding carboxylic acids is 4. The van der Waals surface area contributed by atoms with Gasteiger partial charge in [0.25, 0.3) is 23.6 Å². The van der Waals surface area contributed by atoms with Gasteiger partial charge in [-0.3, -0.25) is 29.4 Å². The first-order chi connectivity index (χ1) is 24.8. The van der Waals surface area contributed by atoms with Crippen LogP contribution in [-0.2, 0) is 0 Å². The lowest BCUT2D eigenvalue weighted by atomic mass is 9.81. The molecule has 10 nitrogen and oxygen atoms in total. The van der Waals surface area contributed by atoms with Crippen molar-refractivity contribution in [2.24, 2.45) is 0 Å². The van der Waals surface area contributed by atoms with E-state index in [0.29, 0.717) is 65.7 Å². The summed E-state index contributed by atoms with van der Waals surface area (Å²) in [5.41, 5.74) is 1.09. The molecule has 266 valence electrons. The molecular formula is C41H44N2O8. The number of fused-ring (bicyclic) bond motifs is 2. The Hall–Kier alpha value is -5.12. The molecule has 0 atom stereocenters. The number of methoxy groups -OCH3 is 4. The molecule has 0 saturated heterocycles. The highest BCUT2D eigenvalue weighted by Crippen LogP contribution is 2.53. The molecule has 0 fully saturated rings. The molecule has 51 heavy (non-hydrogen) atoms. The van der Waals surface area contributed by atoms with Crippen molar-refractivity contribution in [2.75, 3.05) is 28.4 Å². The van der Waals surface area contributed by atoms with Gasteiger partial charge in [-0.05, 0) is 69.4 Å². The summed E-state index contributed by atoms with van der Waals surface area (Å²) in [6, 6.07) is 6.94. The number of benzene rings is 5. The molecule has 0 aliphatic carbocycles. The molecule has 2 aliphatic rings. The summed E-state index contributed by atoms with van der Waals surface area (Å²) in [5, 5.41) is 7.35. The minimum absolute atomic E-state index is 0.226. The van der Waals surface area contributed by atoms with Crippen molar-refractivity contribution in [2.45, 2.75) is 84.1 Å². The van der Waals surface area contributed by atoms with E-state index in [-0.39, 0.29) is 40.5 Å². The van der Waals surface area contributed by atoms with Gasteiger partial charge in [0.1, 0.15) is 23.0 Å². The average Bonchev–Trinajstić information content (AvgIpc) is 3.13. The maximum absolute atomic E-state index is 14.8. The Morgan fingerprint density at radius 1 is 0.510 bits per heavy atom. The number of ether oxygens (including phenoxy) is 4.